The molecule has 2 N–H and O–H groups in total. The minimum atomic E-state index is -0.520. The van der Waals surface area contributed by atoms with Crippen LogP contribution in [0.1, 0.15) is 38.8 Å². The van der Waals surface area contributed by atoms with Crippen molar-refractivity contribution in [3.8, 4) is 17.2 Å². The van der Waals surface area contributed by atoms with Crippen LogP contribution in [0.25, 0.3) is 28.0 Å². The highest BCUT2D eigenvalue weighted by molar-refractivity contribution is 5.98. The van der Waals surface area contributed by atoms with Gasteiger partial charge in [0.05, 0.1) is 10.9 Å². The first-order chi connectivity index (χ1) is 13.2. The molecule has 0 spiro atoms. The van der Waals surface area contributed by atoms with Gasteiger partial charge in [-0.2, -0.15) is 0 Å². The fraction of sp³-hybridized carbons (Fsp3) is 0.261. The van der Waals surface area contributed by atoms with Gasteiger partial charge in [-0.15, -0.1) is 0 Å². The minimum Gasteiger partial charge on any atom is -0.508 e. The zero-order chi connectivity index (χ0) is 20.2. The van der Waals surface area contributed by atoms with Crippen molar-refractivity contribution in [3.05, 3.63) is 57.3 Å². The number of hydrogen-bond acceptors (Lipinski definition) is 5. The van der Waals surface area contributed by atoms with Crippen molar-refractivity contribution in [1.82, 2.24) is 0 Å². The van der Waals surface area contributed by atoms with Crippen LogP contribution in [0.5, 0.6) is 17.2 Å². The average Bonchev–Trinajstić information content (AvgIpc) is 2.60. The number of allylic oxidation sites excluding steroid dienone is 2. The van der Waals surface area contributed by atoms with E-state index in [1.165, 1.54) is 6.07 Å². The topological polar surface area (TPSA) is 79.9 Å². The highest BCUT2D eigenvalue weighted by Crippen LogP contribution is 2.41. The maximum Gasteiger partial charge on any atom is 0.204 e. The Morgan fingerprint density at radius 3 is 2.61 bits per heavy atom. The van der Waals surface area contributed by atoms with Gasteiger partial charge in [-0.3, -0.25) is 4.79 Å². The van der Waals surface area contributed by atoms with E-state index < -0.39 is 5.60 Å². The molecule has 4 rings (SSSR count). The Balaban J connectivity index is 2.08. The molecule has 5 nitrogen and oxygen atoms in total. The molecular weight excluding hydrogens is 356 g/mol. The third-order valence-electron chi connectivity index (χ3n) is 4.93. The minimum absolute atomic E-state index is 0.0269. The van der Waals surface area contributed by atoms with Crippen molar-refractivity contribution in [2.75, 3.05) is 0 Å². The standard InChI is InChI=1S/C23H22O5/c1-12(2)5-6-13-15(24)7-8-16-19(13)22(26)20-18(27-16)11-17-14(21(20)25)9-10-23(3,4)28-17/h5,7-11,24-25H,6H2,1-4H3. The molecule has 1 aliphatic rings. The number of ether oxygens (including phenoxy) is 1. The van der Waals surface area contributed by atoms with Crippen LogP contribution in [0.4, 0.5) is 0 Å². The van der Waals surface area contributed by atoms with Crippen LogP contribution in [0, 0.1) is 0 Å². The zero-order valence-corrected chi connectivity index (χ0v) is 16.3. The largest absolute Gasteiger partial charge is 0.508 e. The summed E-state index contributed by atoms with van der Waals surface area (Å²) in [5.74, 6) is 0.314. The lowest BCUT2D eigenvalue weighted by Crippen LogP contribution is -2.27. The second-order valence-electron chi connectivity index (χ2n) is 7.90. The van der Waals surface area contributed by atoms with Crippen molar-refractivity contribution in [2.45, 2.75) is 39.7 Å². The first kappa shape index (κ1) is 18.2. The van der Waals surface area contributed by atoms with Gasteiger partial charge in [0.25, 0.3) is 0 Å². The van der Waals surface area contributed by atoms with Crippen LogP contribution in [-0.2, 0) is 6.42 Å². The molecular formula is C23H22O5. The van der Waals surface area contributed by atoms with Crippen LogP contribution in [0.3, 0.4) is 0 Å². The summed E-state index contributed by atoms with van der Waals surface area (Å²) in [7, 11) is 0. The fourth-order valence-corrected chi connectivity index (χ4v) is 3.49. The van der Waals surface area contributed by atoms with E-state index in [2.05, 4.69) is 0 Å². The lowest BCUT2D eigenvalue weighted by molar-refractivity contribution is 0.158. The van der Waals surface area contributed by atoms with Crippen LogP contribution >= 0.6 is 0 Å². The van der Waals surface area contributed by atoms with Gasteiger partial charge in [-0.25, -0.2) is 0 Å². The van der Waals surface area contributed by atoms with Gasteiger partial charge in [0.1, 0.15) is 39.4 Å². The molecule has 144 valence electrons. The van der Waals surface area contributed by atoms with Gasteiger partial charge >= 0.3 is 0 Å². The summed E-state index contributed by atoms with van der Waals surface area (Å²) in [6.07, 6.45) is 5.91. The maximum atomic E-state index is 13.3. The number of benzene rings is 2. The van der Waals surface area contributed by atoms with Crippen molar-refractivity contribution in [2.24, 2.45) is 0 Å². The highest BCUT2D eigenvalue weighted by Gasteiger charge is 2.27. The molecule has 0 saturated carbocycles. The number of aromatic hydroxyl groups is 2. The van der Waals surface area contributed by atoms with Crippen molar-refractivity contribution in [3.63, 3.8) is 0 Å². The van der Waals surface area contributed by atoms with Crippen LogP contribution in [-0.4, -0.2) is 15.8 Å². The Morgan fingerprint density at radius 1 is 1.14 bits per heavy atom. The first-order valence-electron chi connectivity index (χ1n) is 9.17. The molecule has 0 unspecified atom stereocenters. The Bertz CT molecular complexity index is 1240. The Hall–Kier alpha value is -3.21. The van der Waals surface area contributed by atoms with E-state index in [4.69, 9.17) is 9.15 Å². The van der Waals surface area contributed by atoms with E-state index in [0.29, 0.717) is 28.9 Å². The van der Waals surface area contributed by atoms with E-state index in [1.54, 1.807) is 18.2 Å². The number of fused-ring (bicyclic) bond motifs is 3. The molecule has 0 bridgehead atoms. The number of phenols is 2. The number of rotatable bonds is 2. The molecule has 1 aliphatic heterocycles. The van der Waals surface area contributed by atoms with Crippen molar-refractivity contribution >= 4 is 28.0 Å². The zero-order valence-electron chi connectivity index (χ0n) is 16.3. The third-order valence-corrected chi connectivity index (χ3v) is 4.93. The van der Waals surface area contributed by atoms with E-state index >= 15 is 0 Å². The molecule has 5 heteroatoms. The quantitative estimate of drug-likeness (QED) is 0.482. The van der Waals surface area contributed by atoms with Gasteiger partial charge in [0.2, 0.25) is 5.43 Å². The molecule has 0 atom stereocenters. The first-order valence-corrected chi connectivity index (χ1v) is 9.17. The SMILES string of the molecule is CC(C)=CCc1c(O)ccc2oc3cc4c(c(O)c3c(=O)c12)C=CC(C)(C)O4. The molecule has 28 heavy (non-hydrogen) atoms. The summed E-state index contributed by atoms with van der Waals surface area (Å²) < 4.78 is 11.9. The van der Waals surface area contributed by atoms with Gasteiger partial charge in [0, 0.05) is 11.6 Å². The van der Waals surface area contributed by atoms with Gasteiger partial charge in [0.15, 0.2) is 0 Å². The lowest BCUT2D eigenvalue weighted by Gasteiger charge is -2.28. The van der Waals surface area contributed by atoms with Crippen LogP contribution < -0.4 is 10.2 Å². The molecule has 0 aliphatic carbocycles. The lowest BCUT2D eigenvalue weighted by atomic mass is 9.97. The summed E-state index contributed by atoms with van der Waals surface area (Å²) in [5.41, 5.74) is 1.72. The molecule has 0 fully saturated rings. The second kappa shape index (κ2) is 6.16. The maximum absolute atomic E-state index is 13.3. The second-order valence-corrected chi connectivity index (χ2v) is 7.90. The predicted molar refractivity (Wildman–Crippen MR) is 110 cm³/mol. The smallest absolute Gasteiger partial charge is 0.204 e. The summed E-state index contributed by atoms with van der Waals surface area (Å²) >= 11 is 0. The predicted octanol–water partition coefficient (Wildman–Crippen LogP) is 5.05. The average molecular weight is 378 g/mol. The van der Waals surface area contributed by atoms with Crippen molar-refractivity contribution in [1.29, 1.82) is 0 Å². The monoisotopic (exact) mass is 378 g/mol. The molecule has 0 amide bonds. The van der Waals surface area contributed by atoms with E-state index in [-0.39, 0.29) is 33.3 Å². The summed E-state index contributed by atoms with van der Waals surface area (Å²) in [6, 6.07) is 4.73. The van der Waals surface area contributed by atoms with Gasteiger partial charge in [-0.1, -0.05) is 11.6 Å². The van der Waals surface area contributed by atoms with Crippen LogP contribution in [0.15, 0.2) is 45.1 Å². The number of phenolic OH excluding ortho intramolecular Hbond substituents is 2. The van der Waals surface area contributed by atoms with E-state index in [9.17, 15) is 15.0 Å². The van der Waals surface area contributed by atoms with Gasteiger partial charge < -0.3 is 19.4 Å². The summed E-state index contributed by atoms with van der Waals surface area (Å²) in [5, 5.41) is 21.5. The summed E-state index contributed by atoms with van der Waals surface area (Å²) in [6.45, 7) is 7.71. The normalized spacial score (nSPS) is 14.7. The Labute approximate surface area is 162 Å². The van der Waals surface area contributed by atoms with Crippen molar-refractivity contribution < 1.29 is 19.4 Å². The molecule has 3 aromatic rings. The molecule has 0 saturated heterocycles. The molecule has 0 radical (unpaired) electrons. The highest BCUT2D eigenvalue weighted by atomic mass is 16.5. The van der Waals surface area contributed by atoms with Gasteiger partial charge in [-0.05, 0) is 58.4 Å². The van der Waals surface area contributed by atoms with Crippen LogP contribution in [0.2, 0.25) is 0 Å². The third kappa shape index (κ3) is 2.83. The Kier molecular flexibility index (Phi) is 4.00. The van der Waals surface area contributed by atoms with E-state index in [0.717, 1.165) is 5.57 Å². The summed E-state index contributed by atoms with van der Waals surface area (Å²) in [4.78, 5) is 13.3. The fourth-order valence-electron chi connectivity index (χ4n) is 3.49. The Morgan fingerprint density at radius 2 is 1.89 bits per heavy atom. The van der Waals surface area contributed by atoms with E-state index in [1.807, 2.05) is 39.8 Å². The number of hydrogen-bond donors (Lipinski definition) is 2. The molecule has 2 heterocycles. The molecule has 1 aromatic heterocycles. The molecule has 2 aromatic carbocycles.